The summed E-state index contributed by atoms with van der Waals surface area (Å²) in [7, 11) is 4.47. The first-order valence-electron chi connectivity index (χ1n) is 5.00. The van der Waals surface area contributed by atoms with Crippen molar-refractivity contribution in [2.24, 2.45) is 4.99 Å². The third-order valence-corrected chi connectivity index (χ3v) is 2.12. The largest absolute Gasteiger partial charge is 0.497 e. The SMILES string of the molecule is COC(=O)CN=Cc1cc(OC)ccc1OC. The maximum absolute atomic E-state index is 10.9. The molecule has 0 aliphatic rings. The molecular formula is C12H15NO4. The summed E-state index contributed by atoms with van der Waals surface area (Å²) in [6.45, 7) is -0.0170. The molecule has 0 saturated carbocycles. The van der Waals surface area contributed by atoms with Gasteiger partial charge in [0.05, 0.1) is 21.3 Å². The normalized spacial score (nSPS) is 10.3. The first-order valence-corrected chi connectivity index (χ1v) is 5.00. The van der Waals surface area contributed by atoms with Crippen LogP contribution in [-0.2, 0) is 9.53 Å². The van der Waals surface area contributed by atoms with Crippen molar-refractivity contribution >= 4 is 12.2 Å². The van der Waals surface area contributed by atoms with Crippen LogP contribution in [0.25, 0.3) is 0 Å². The molecule has 0 N–H and O–H groups in total. The van der Waals surface area contributed by atoms with Gasteiger partial charge in [-0.25, -0.2) is 0 Å². The van der Waals surface area contributed by atoms with E-state index < -0.39 is 0 Å². The predicted octanol–water partition coefficient (Wildman–Crippen LogP) is 1.30. The number of aliphatic imine (C=N–C) groups is 1. The highest BCUT2D eigenvalue weighted by Gasteiger charge is 2.03. The number of esters is 1. The average molecular weight is 237 g/mol. The number of ether oxygens (including phenoxy) is 3. The molecule has 5 heteroatoms. The summed E-state index contributed by atoms with van der Waals surface area (Å²) in [5.74, 6) is 0.979. The van der Waals surface area contributed by atoms with Crippen LogP contribution in [0.5, 0.6) is 11.5 Å². The molecule has 0 aromatic heterocycles. The lowest BCUT2D eigenvalue weighted by Crippen LogP contribution is -2.04. The van der Waals surface area contributed by atoms with Gasteiger partial charge in [0.2, 0.25) is 0 Å². The highest BCUT2D eigenvalue weighted by Crippen LogP contribution is 2.22. The highest BCUT2D eigenvalue weighted by atomic mass is 16.5. The third-order valence-electron chi connectivity index (χ3n) is 2.12. The zero-order valence-corrected chi connectivity index (χ0v) is 10.1. The molecule has 0 unspecified atom stereocenters. The molecule has 92 valence electrons. The fourth-order valence-electron chi connectivity index (χ4n) is 1.22. The molecule has 0 heterocycles. The monoisotopic (exact) mass is 237 g/mol. The molecule has 0 saturated heterocycles. The van der Waals surface area contributed by atoms with Gasteiger partial charge < -0.3 is 14.2 Å². The molecule has 0 aliphatic carbocycles. The number of carbonyl (C=O) groups excluding carboxylic acids is 1. The molecule has 17 heavy (non-hydrogen) atoms. The number of nitrogens with zero attached hydrogens (tertiary/aromatic N) is 1. The van der Waals surface area contributed by atoms with Crippen LogP contribution in [0, 0.1) is 0 Å². The van der Waals surface area contributed by atoms with E-state index in [9.17, 15) is 4.79 Å². The molecular weight excluding hydrogens is 222 g/mol. The van der Waals surface area contributed by atoms with E-state index in [1.165, 1.54) is 7.11 Å². The number of methoxy groups -OCH3 is 3. The molecule has 0 radical (unpaired) electrons. The van der Waals surface area contributed by atoms with Crippen LogP contribution < -0.4 is 9.47 Å². The van der Waals surface area contributed by atoms with Crippen molar-refractivity contribution in [1.82, 2.24) is 0 Å². The Morgan fingerprint density at radius 2 is 2.06 bits per heavy atom. The van der Waals surface area contributed by atoms with Crippen molar-refractivity contribution < 1.29 is 19.0 Å². The zero-order chi connectivity index (χ0) is 12.7. The summed E-state index contributed by atoms with van der Waals surface area (Å²) in [5, 5.41) is 0. The lowest BCUT2D eigenvalue weighted by atomic mass is 10.2. The molecule has 0 fully saturated rings. The number of hydrogen-bond donors (Lipinski definition) is 0. The van der Waals surface area contributed by atoms with Gasteiger partial charge in [-0.2, -0.15) is 0 Å². The second kappa shape index (κ2) is 6.52. The van der Waals surface area contributed by atoms with E-state index in [0.29, 0.717) is 11.5 Å². The van der Waals surface area contributed by atoms with E-state index in [1.807, 2.05) is 0 Å². The van der Waals surface area contributed by atoms with Crippen LogP contribution in [0.3, 0.4) is 0 Å². The van der Waals surface area contributed by atoms with Gasteiger partial charge in [-0.3, -0.25) is 9.79 Å². The van der Waals surface area contributed by atoms with E-state index in [0.717, 1.165) is 5.56 Å². The van der Waals surface area contributed by atoms with Gasteiger partial charge in [0.15, 0.2) is 0 Å². The number of benzene rings is 1. The van der Waals surface area contributed by atoms with Crippen molar-refractivity contribution in [2.75, 3.05) is 27.9 Å². The van der Waals surface area contributed by atoms with Crippen molar-refractivity contribution in [3.8, 4) is 11.5 Å². The summed E-state index contributed by atoms with van der Waals surface area (Å²) in [6, 6.07) is 5.34. The maximum Gasteiger partial charge on any atom is 0.327 e. The Kier molecular flexibility index (Phi) is 5.00. The Bertz CT molecular complexity index is 415. The second-order valence-electron chi connectivity index (χ2n) is 3.15. The summed E-state index contributed by atoms with van der Waals surface area (Å²) in [5.41, 5.74) is 0.746. The molecule has 0 spiro atoms. The fourth-order valence-corrected chi connectivity index (χ4v) is 1.22. The molecule has 1 aromatic carbocycles. The minimum Gasteiger partial charge on any atom is -0.497 e. The van der Waals surface area contributed by atoms with Gasteiger partial charge >= 0.3 is 5.97 Å². The van der Waals surface area contributed by atoms with Gasteiger partial charge in [0.1, 0.15) is 18.0 Å². The first-order chi connectivity index (χ1) is 8.21. The van der Waals surface area contributed by atoms with Crippen molar-refractivity contribution in [3.05, 3.63) is 23.8 Å². The Hall–Kier alpha value is -2.04. The van der Waals surface area contributed by atoms with Crippen LogP contribution >= 0.6 is 0 Å². The number of hydrogen-bond acceptors (Lipinski definition) is 5. The van der Waals surface area contributed by atoms with Crippen LogP contribution in [0.1, 0.15) is 5.56 Å². The quantitative estimate of drug-likeness (QED) is 0.572. The molecule has 1 aromatic rings. The van der Waals surface area contributed by atoms with E-state index in [-0.39, 0.29) is 12.5 Å². The predicted molar refractivity (Wildman–Crippen MR) is 64.0 cm³/mol. The summed E-state index contributed by atoms with van der Waals surface area (Å²) in [4.78, 5) is 14.8. The smallest absolute Gasteiger partial charge is 0.327 e. The van der Waals surface area contributed by atoms with E-state index in [2.05, 4.69) is 9.73 Å². The van der Waals surface area contributed by atoms with E-state index >= 15 is 0 Å². The van der Waals surface area contributed by atoms with Crippen molar-refractivity contribution in [3.63, 3.8) is 0 Å². The van der Waals surface area contributed by atoms with Gasteiger partial charge in [-0.05, 0) is 18.2 Å². The van der Waals surface area contributed by atoms with Gasteiger partial charge in [-0.15, -0.1) is 0 Å². The lowest BCUT2D eigenvalue weighted by Gasteiger charge is -2.06. The van der Waals surface area contributed by atoms with Crippen LogP contribution in [0.4, 0.5) is 0 Å². The van der Waals surface area contributed by atoms with Gasteiger partial charge in [0, 0.05) is 11.8 Å². The summed E-state index contributed by atoms with van der Waals surface area (Å²) >= 11 is 0. The lowest BCUT2D eigenvalue weighted by molar-refractivity contribution is -0.138. The number of carbonyl (C=O) groups is 1. The van der Waals surface area contributed by atoms with Crippen LogP contribution in [0.15, 0.2) is 23.2 Å². The fraction of sp³-hybridized carbons (Fsp3) is 0.333. The van der Waals surface area contributed by atoms with Crippen LogP contribution in [-0.4, -0.2) is 40.1 Å². The Balaban J connectivity index is 2.83. The minimum atomic E-state index is -0.386. The topological polar surface area (TPSA) is 57.1 Å². The summed E-state index contributed by atoms with van der Waals surface area (Å²) < 4.78 is 14.7. The minimum absolute atomic E-state index is 0.0170. The third kappa shape index (κ3) is 3.79. The Labute approximate surface area is 100 Å². The van der Waals surface area contributed by atoms with Crippen molar-refractivity contribution in [1.29, 1.82) is 0 Å². The standard InChI is InChI=1S/C12H15NO4/c1-15-10-4-5-11(16-2)9(6-10)7-13-8-12(14)17-3/h4-7H,8H2,1-3H3. The van der Waals surface area contributed by atoms with Gasteiger partial charge in [0.25, 0.3) is 0 Å². The van der Waals surface area contributed by atoms with Crippen LogP contribution in [0.2, 0.25) is 0 Å². The average Bonchev–Trinajstić information content (AvgIpc) is 2.38. The van der Waals surface area contributed by atoms with Gasteiger partial charge in [-0.1, -0.05) is 0 Å². The second-order valence-corrected chi connectivity index (χ2v) is 3.15. The highest BCUT2D eigenvalue weighted by molar-refractivity contribution is 5.86. The molecule has 0 amide bonds. The van der Waals surface area contributed by atoms with E-state index in [4.69, 9.17) is 9.47 Å². The first kappa shape index (κ1) is 13.0. The Morgan fingerprint density at radius 1 is 1.29 bits per heavy atom. The van der Waals surface area contributed by atoms with Crippen molar-refractivity contribution in [2.45, 2.75) is 0 Å². The van der Waals surface area contributed by atoms with E-state index in [1.54, 1.807) is 38.6 Å². The molecule has 0 atom stereocenters. The summed E-state index contributed by atoms with van der Waals surface area (Å²) in [6.07, 6.45) is 1.55. The number of rotatable bonds is 5. The Morgan fingerprint density at radius 3 is 2.65 bits per heavy atom. The molecule has 0 bridgehead atoms. The zero-order valence-electron chi connectivity index (χ0n) is 10.1. The maximum atomic E-state index is 10.9. The molecule has 1 rings (SSSR count). The molecule has 0 aliphatic heterocycles. The molecule has 5 nitrogen and oxygen atoms in total.